The first-order valence-corrected chi connectivity index (χ1v) is 11.5. The molecular formula is C22H32ClN3O3S. The molecule has 0 unspecified atom stereocenters. The molecule has 2 heterocycles. The second-order valence-electron chi connectivity index (χ2n) is 7.29. The average Bonchev–Trinajstić information content (AvgIpc) is 2.74. The van der Waals surface area contributed by atoms with Crippen LogP contribution in [-0.4, -0.2) is 58.2 Å². The van der Waals surface area contributed by atoms with Crippen molar-refractivity contribution in [2.75, 3.05) is 38.6 Å². The van der Waals surface area contributed by atoms with Gasteiger partial charge < -0.3 is 9.84 Å². The van der Waals surface area contributed by atoms with Crippen LogP contribution in [0.3, 0.4) is 0 Å². The van der Waals surface area contributed by atoms with Crippen molar-refractivity contribution in [1.29, 1.82) is 0 Å². The summed E-state index contributed by atoms with van der Waals surface area (Å²) in [4.78, 5) is 20.0. The van der Waals surface area contributed by atoms with Crippen molar-refractivity contribution < 1.29 is 9.84 Å². The van der Waals surface area contributed by atoms with Crippen LogP contribution in [0.5, 0.6) is 5.88 Å². The van der Waals surface area contributed by atoms with Crippen LogP contribution in [0.15, 0.2) is 40.3 Å². The number of ether oxygens (including phenoxy) is 1. The van der Waals surface area contributed by atoms with Gasteiger partial charge >= 0.3 is 0 Å². The van der Waals surface area contributed by atoms with Crippen molar-refractivity contribution in [2.24, 2.45) is 0 Å². The molecule has 0 aliphatic carbocycles. The zero-order chi connectivity index (χ0) is 20.5. The number of hydrogen-bond acceptors (Lipinski definition) is 6. The molecule has 166 valence electrons. The van der Waals surface area contributed by atoms with Gasteiger partial charge in [0.2, 0.25) is 5.88 Å². The lowest BCUT2D eigenvalue weighted by Gasteiger charge is -2.26. The molecule has 0 bridgehead atoms. The van der Waals surface area contributed by atoms with E-state index in [4.69, 9.17) is 4.74 Å². The standard InChI is InChI=1S/C22H31N3O3S.ClH/c1-2-3-4-8-11-19-20(26)23-22(29-17-14-24-12-15-28-16-13-24)25(21(19)27)18-9-6-5-7-10-18;/h5-7,9-10,26H,2-4,8,11-17H2,1H3;1H. The molecule has 1 aromatic carbocycles. The fourth-order valence-electron chi connectivity index (χ4n) is 3.47. The van der Waals surface area contributed by atoms with Gasteiger partial charge in [0, 0.05) is 25.4 Å². The number of benzene rings is 1. The highest BCUT2D eigenvalue weighted by atomic mass is 35.5. The maximum atomic E-state index is 13.3. The van der Waals surface area contributed by atoms with Crippen LogP contribution in [0.4, 0.5) is 0 Å². The maximum absolute atomic E-state index is 13.3. The van der Waals surface area contributed by atoms with Gasteiger partial charge in [0.05, 0.1) is 24.5 Å². The largest absolute Gasteiger partial charge is 0.493 e. The number of morpholine rings is 1. The van der Waals surface area contributed by atoms with E-state index in [9.17, 15) is 9.90 Å². The number of halogens is 1. The summed E-state index contributed by atoms with van der Waals surface area (Å²) in [5.41, 5.74) is 1.05. The lowest BCUT2D eigenvalue weighted by Crippen LogP contribution is -2.37. The predicted octanol–water partition coefficient (Wildman–Crippen LogP) is 3.91. The molecule has 6 nitrogen and oxygen atoms in total. The van der Waals surface area contributed by atoms with Gasteiger partial charge in [-0.2, -0.15) is 4.98 Å². The van der Waals surface area contributed by atoms with Gasteiger partial charge in [-0.3, -0.25) is 14.3 Å². The molecule has 8 heteroatoms. The summed E-state index contributed by atoms with van der Waals surface area (Å²) in [7, 11) is 0. The van der Waals surface area contributed by atoms with E-state index >= 15 is 0 Å². The van der Waals surface area contributed by atoms with Crippen molar-refractivity contribution in [3.8, 4) is 11.6 Å². The lowest BCUT2D eigenvalue weighted by molar-refractivity contribution is 0.0410. The summed E-state index contributed by atoms with van der Waals surface area (Å²) in [6.45, 7) is 6.46. The number of para-hydroxylation sites is 1. The summed E-state index contributed by atoms with van der Waals surface area (Å²) < 4.78 is 7.05. The Labute approximate surface area is 189 Å². The molecule has 0 radical (unpaired) electrons. The van der Waals surface area contributed by atoms with Gasteiger partial charge in [-0.25, -0.2) is 0 Å². The summed E-state index contributed by atoms with van der Waals surface area (Å²) in [6.07, 6.45) is 4.77. The number of unbranched alkanes of at least 4 members (excludes halogenated alkanes) is 3. The van der Waals surface area contributed by atoms with E-state index in [1.165, 1.54) is 11.8 Å². The first-order chi connectivity index (χ1) is 14.2. The number of hydrogen-bond donors (Lipinski definition) is 1. The quantitative estimate of drug-likeness (QED) is 0.334. The highest BCUT2D eigenvalue weighted by molar-refractivity contribution is 7.99. The third-order valence-corrected chi connectivity index (χ3v) is 6.08. The van der Waals surface area contributed by atoms with Crippen molar-refractivity contribution in [1.82, 2.24) is 14.5 Å². The molecule has 1 aliphatic heterocycles. The Morgan fingerprint density at radius 3 is 2.57 bits per heavy atom. The first-order valence-electron chi connectivity index (χ1n) is 10.5. The average molecular weight is 454 g/mol. The zero-order valence-corrected chi connectivity index (χ0v) is 19.2. The highest BCUT2D eigenvalue weighted by Crippen LogP contribution is 2.23. The molecular weight excluding hydrogens is 422 g/mol. The summed E-state index contributed by atoms with van der Waals surface area (Å²) in [5, 5.41) is 11.0. The van der Waals surface area contributed by atoms with E-state index in [0.717, 1.165) is 70.0 Å². The number of thioether (sulfide) groups is 1. The van der Waals surface area contributed by atoms with Gasteiger partial charge in [-0.05, 0) is 25.0 Å². The molecule has 1 aromatic heterocycles. The number of rotatable bonds is 10. The maximum Gasteiger partial charge on any atom is 0.265 e. The lowest BCUT2D eigenvalue weighted by atomic mass is 10.1. The van der Waals surface area contributed by atoms with Crippen LogP contribution in [0.2, 0.25) is 0 Å². The van der Waals surface area contributed by atoms with Crippen molar-refractivity contribution in [3.05, 3.63) is 46.2 Å². The smallest absolute Gasteiger partial charge is 0.265 e. The molecule has 0 saturated carbocycles. The molecule has 0 atom stereocenters. The Hall–Kier alpha value is -1.54. The third kappa shape index (κ3) is 6.74. The highest BCUT2D eigenvalue weighted by Gasteiger charge is 2.18. The number of aromatic nitrogens is 2. The number of aromatic hydroxyl groups is 1. The molecule has 0 spiro atoms. The van der Waals surface area contributed by atoms with Gasteiger partial charge in [-0.1, -0.05) is 56.1 Å². The van der Waals surface area contributed by atoms with E-state index in [1.807, 2.05) is 30.3 Å². The summed E-state index contributed by atoms with van der Waals surface area (Å²) >= 11 is 1.51. The Kier molecular flexibility index (Phi) is 10.7. The number of nitrogens with zero attached hydrogens (tertiary/aromatic N) is 3. The Morgan fingerprint density at radius 1 is 1.13 bits per heavy atom. The molecule has 2 aromatic rings. The van der Waals surface area contributed by atoms with E-state index < -0.39 is 0 Å². The van der Waals surface area contributed by atoms with E-state index in [-0.39, 0.29) is 23.8 Å². The molecule has 1 N–H and O–H groups in total. The fraction of sp³-hybridized carbons (Fsp3) is 0.545. The van der Waals surface area contributed by atoms with Gasteiger partial charge in [0.15, 0.2) is 5.16 Å². The molecule has 1 saturated heterocycles. The van der Waals surface area contributed by atoms with Crippen LogP contribution >= 0.6 is 24.2 Å². The molecule has 1 aliphatic rings. The fourth-order valence-corrected chi connectivity index (χ4v) is 4.47. The van der Waals surface area contributed by atoms with Crippen molar-refractivity contribution >= 4 is 24.2 Å². The summed E-state index contributed by atoms with van der Waals surface area (Å²) in [5.74, 6) is 0.682. The van der Waals surface area contributed by atoms with Crippen LogP contribution in [0.25, 0.3) is 5.69 Å². The van der Waals surface area contributed by atoms with E-state index in [1.54, 1.807) is 4.57 Å². The minimum atomic E-state index is -0.158. The second-order valence-corrected chi connectivity index (χ2v) is 8.35. The third-order valence-electron chi connectivity index (χ3n) is 5.16. The normalized spacial score (nSPS) is 14.4. The van der Waals surface area contributed by atoms with Gasteiger partial charge in [0.1, 0.15) is 0 Å². The molecule has 1 fully saturated rings. The second kappa shape index (κ2) is 13.0. The molecule has 0 amide bonds. The van der Waals surface area contributed by atoms with Gasteiger partial charge in [-0.15, -0.1) is 12.4 Å². The Bertz CT molecular complexity index is 826. The Balaban J connectivity index is 0.00000320. The van der Waals surface area contributed by atoms with Crippen molar-refractivity contribution in [2.45, 2.75) is 44.2 Å². The predicted molar refractivity (Wildman–Crippen MR) is 125 cm³/mol. The van der Waals surface area contributed by atoms with Crippen LogP contribution in [0.1, 0.15) is 38.2 Å². The van der Waals surface area contributed by atoms with Crippen LogP contribution in [-0.2, 0) is 11.2 Å². The van der Waals surface area contributed by atoms with E-state index in [0.29, 0.717) is 17.1 Å². The van der Waals surface area contributed by atoms with Crippen LogP contribution in [0, 0.1) is 0 Å². The van der Waals surface area contributed by atoms with Crippen LogP contribution < -0.4 is 5.56 Å². The molecule has 3 rings (SSSR count). The van der Waals surface area contributed by atoms with Gasteiger partial charge in [0.25, 0.3) is 5.56 Å². The molecule has 30 heavy (non-hydrogen) atoms. The topological polar surface area (TPSA) is 67.6 Å². The first kappa shape index (κ1) is 24.7. The zero-order valence-electron chi connectivity index (χ0n) is 17.6. The summed E-state index contributed by atoms with van der Waals surface area (Å²) in [6, 6.07) is 9.58. The minimum absolute atomic E-state index is 0. The SMILES string of the molecule is CCCCCCc1c(O)nc(SCCN2CCOCC2)n(-c2ccccc2)c1=O.Cl. The van der Waals surface area contributed by atoms with Crippen molar-refractivity contribution in [3.63, 3.8) is 0 Å². The Morgan fingerprint density at radius 2 is 1.87 bits per heavy atom. The minimum Gasteiger partial charge on any atom is -0.493 e. The monoisotopic (exact) mass is 453 g/mol. The van der Waals surface area contributed by atoms with E-state index in [2.05, 4.69) is 16.8 Å².